The smallest absolute Gasteiger partial charge is 0.443 e. The van der Waals surface area contributed by atoms with Gasteiger partial charge in [0.05, 0.1) is 0 Å². The summed E-state index contributed by atoms with van der Waals surface area (Å²) in [7, 11) is -5.88. The zero-order valence-electron chi connectivity index (χ0n) is 13.5. The summed E-state index contributed by atoms with van der Waals surface area (Å²) in [6.45, 7) is 8.08. The van der Waals surface area contributed by atoms with Crippen molar-refractivity contribution >= 4 is 16.2 Å². The van der Waals surface area contributed by atoms with Crippen molar-refractivity contribution in [2.75, 3.05) is 6.54 Å². The first kappa shape index (κ1) is 19.6. The molecule has 0 spiro atoms. The monoisotopic (exact) mass is 359 g/mol. The molecule has 0 saturated carbocycles. The van der Waals surface area contributed by atoms with Gasteiger partial charge < -0.3 is 8.92 Å². The van der Waals surface area contributed by atoms with E-state index < -0.39 is 38.6 Å². The zero-order valence-corrected chi connectivity index (χ0v) is 14.3. The van der Waals surface area contributed by atoms with Crippen LogP contribution in [0.5, 0.6) is 0 Å². The van der Waals surface area contributed by atoms with Gasteiger partial charge in [0.1, 0.15) is 5.60 Å². The van der Waals surface area contributed by atoms with Gasteiger partial charge in [-0.05, 0) is 38.7 Å². The van der Waals surface area contributed by atoms with Crippen LogP contribution in [0.1, 0.15) is 41.0 Å². The number of amides is 1. The second-order valence-corrected chi connectivity index (χ2v) is 8.37. The number of hydrogen-bond acceptors (Lipinski definition) is 5. The molecule has 10 heteroatoms. The molecule has 1 rings (SSSR count). The Kier molecular flexibility index (Phi) is 5.01. The van der Waals surface area contributed by atoms with E-state index in [-0.39, 0.29) is 6.54 Å². The summed E-state index contributed by atoms with van der Waals surface area (Å²) in [6.07, 6.45) is 0.603. The van der Waals surface area contributed by atoms with Crippen LogP contribution in [0.3, 0.4) is 0 Å². The minimum Gasteiger partial charge on any atom is -0.443 e. The minimum atomic E-state index is -5.88. The summed E-state index contributed by atoms with van der Waals surface area (Å²) in [5.41, 5.74) is -7.11. The lowest BCUT2D eigenvalue weighted by Gasteiger charge is -2.35. The standard InChI is InChI=1S/C13H20F3NO5S/c1-11(2,3)21-10(18)17-7-6-12(4,5)8-9(17)22-23(19,20)13(14,15)16/h8H,6-7H2,1-5H3. The maximum absolute atomic E-state index is 12.5. The number of alkyl halides is 3. The molecule has 0 aromatic heterocycles. The molecule has 134 valence electrons. The highest BCUT2D eigenvalue weighted by molar-refractivity contribution is 7.87. The molecule has 6 nitrogen and oxygen atoms in total. The predicted octanol–water partition coefficient (Wildman–Crippen LogP) is 3.36. The van der Waals surface area contributed by atoms with E-state index in [0.29, 0.717) is 6.42 Å². The topological polar surface area (TPSA) is 72.9 Å². The molecule has 0 aromatic carbocycles. The molecule has 0 radical (unpaired) electrons. The number of rotatable bonds is 2. The Labute approximate surface area is 133 Å². The fraction of sp³-hybridized carbons (Fsp3) is 0.769. The van der Waals surface area contributed by atoms with Crippen LogP contribution in [0.4, 0.5) is 18.0 Å². The van der Waals surface area contributed by atoms with Gasteiger partial charge in [0, 0.05) is 6.54 Å². The summed E-state index contributed by atoms with van der Waals surface area (Å²) in [4.78, 5) is 12.8. The molecule has 0 unspecified atom stereocenters. The third kappa shape index (κ3) is 5.29. The minimum absolute atomic E-state index is 0.0267. The molecule has 0 fully saturated rings. The molecule has 0 aliphatic carbocycles. The first-order valence-corrected chi connectivity index (χ1v) is 8.19. The van der Waals surface area contributed by atoms with E-state index in [4.69, 9.17) is 4.74 Å². The number of halogens is 3. The molecule has 1 aliphatic heterocycles. The van der Waals surface area contributed by atoms with Crippen LogP contribution >= 0.6 is 0 Å². The maximum atomic E-state index is 12.5. The fourth-order valence-electron chi connectivity index (χ4n) is 1.72. The van der Waals surface area contributed by atoms with Crippen molar-refractivity contribution < 1.29 is 35.3 Å². The van der Waals surface area contributed by atoms with Crippen molar-refractivity contribution in [2.24, 2.45) is 5.41 Å². The van der Waals surface area contributed by atoms with Gasteiger partial charge in [-0.2, -0.15) is 21.6 Å². The van der Waals surface area contributed by atoms with Gasteiger partial charge in [-0.1, -0.05) is 13.8 Å². The molecular weight excluding hydrogens is 339 g/mol. The van der Waals surface area contributed by atoms with E-state index in [1.165, 1.54) is 6.08 Å². The van der Waals surface area contributed by atoms with E-state index >= 15 is 0 Å². The number of hydrogen-bond donors (Lipinski definition) is 0. The molecule has 0 aromatic rings. The SMILES string of the molecule is CC1(C)C=C(OS(=O)(=O)C(F)(F)F)N(C(=O)OC(C)(C)C)CC1. The Balaban J connectivity index is 3.15. The second kappa shape index (κ2) is 5.88. The summed E-state index contributed by atoms with van der Waals surface area (Å²) in [5, 5.41) is 0. The largest absolute Gasteiger partial charge is 0.534 e. The van der Waals surface area contributed by atoms with E-state index in [1.54, 1.807) is 34.6 Å². The highest BCUT2D eigenvalue weighted by Gasteiger charge is 2.50. The highest BCUT2D eigenvalue weighted by atomic mass is 32.2. The molecule has 1 aliphatic rings. The first-order chi connectivity index (χ1) is 10.0. The Bertz CT molecular complexity index is 602. The molecule has 0 bridgehead atoms. The van der Waals surface area contributed by atoms with Crippen LogP contribution in [-0.2, 0) is 19.0 Å². The first-order valence-electron chi connectivity index (χ1n) is 6.78. The molecule has 0 saturated heterocycles. The number of carbonyl (C=O) groups excluding carboxylic acids is 1. The van der Waals surface area contributed by atoms with Crippen LogP contribution in [-0.4, -0.2) is 37.1 Å². The van der Waals surface area contributed by atoms with Gasteiger partial charge >= 0.3 is 21.7 Å². The van der Waals surface area contributed by atoms with Crippen molar-refractivity contribution in [3.8, 4) is 0 Å². The lowest BCUT2D eigenvalue weighted by atomic mass is 9.87. The van der Waals surface area contributed by atoms with Crippen LogP contribution < -0.4 is 0 Å². The summed E-state index contributed by atoms with van der Waals surface area (Å²) >= 11 is 0. The summed E-state index contributed by atoms with van der Waals surface area (Å²) in [5.74, 6) is -0.701. The number of carbonyl (C=O) groups is 1. The van der Waals surface area contributed by atoms with Gasteiger partial charge in [0.2, 0.25) is 5.88 Å². The summed E-state index contributed by atoms with van der Waals surface area (Å²) in [6, 6.07) is 0. The molecule has 0 N–H and O–H groups in total. The maximum Gasteiger partial charge on any atom is 0.534 e. The molecular formula is C13H20F3NO5S. The molecule has 23 heavy (non-hydrogen) atoms. The quantitative estimate of drug-likeness (QED) is 0.558. The van der Waals surface area contributed by atoms with Crippen molar-refractivity contribution in [2.45, 2.75) is 52.1 Å². The molecule has 1 heterocycles. The lowest BCUT2D eigenvalue weighted by Crippen LogP contribution is -2.43. The lowest BCUT2D eigenvalue weighted by molar-refractivity contribution is -0.0547. The Morgan fingerprint density at radius 2 is 1.78 bits per heavy atom. The fourth-order valence-corrected chi connectivity index (χ4v) is 2.18. The van der Waals surface area contributed by atoms with Crippen molar-refractivity contribution in [1.29, 1.82) is 0 Å². The van der Waals surface area contributed by atoms with Crippen molar-refractivity contribution in [1.82, 2.24) is 4.90 Å². The molecule has 1 amide bonds. The molecule has 0 atom stereocenters. The van der Waals surface area contributed by atoms with Gasteiger partial charge in [0.15, 0.2) is 0 Å². The zero-order chi connectivity index (χ0) is 18.3. The van der Waals surface area contributed by atoms with Gasteiger partial charge in [-0.15, -0.1) is 0 Å². The third-order valence-electron chi connectivity index (χ3n) is 2.85. The number of nitrogens with zero attached hydrogens (tertiary/aromatic N) is 1. The third-order valence-corrected chi connectivity index (χ3v) is 3.81. The number of allylic oxidation sites excluding steroid dienone is 1. The predicted molar refractivity (Wildman–Crippen MR) is 75.5 cm³/mol. The van der Waals surface area contributed by atoms with E-state index in [1.807, 2.05) is 0 Å². The van der Waals surface area contributed by atoms with Crippen LogP contribution in [0.25, 0.3) is 0 Å². The Morgan fingerprint density at radius 3 is 2.22 bits per heavy atom. The average molecular weight is 359 g/mol. The van der Waals surface area contributed by atoms with E-state index in [0.717, 1.165) is 4.90 Å². The van der Waals surface area contributed by atoms with Gasteiger partial charge in [-0.25, -0.2) is 9.69 Å². The van der Waals surface area contributed by atoms with Gasteiger partial charge in [0.25, 0.3) is 0 Å². The summed E-state index contributed by atoms with van der Waals surface area (Å²) < 4.78 is 69.2. The van der Waals surface area contributed by atoms with Crippen LogP contribution in [0.15, 0.2) is 12.0 Å². The van der Waals surface area contributed by atoms with Crippen molar-refractivity contribution in [3.63, 3.8) is 0 Å². The number of ether oxygens (including phenoxy) is 1. The van der Waals surface area contributed by atoms with E-state index in [9.17, 15) is 26.4 Å². The van der Waals surface area contributed by atoms with Crippen molar-refractivity contribution in [3.05, 3.63) is 12.0 Å². The van der Waals surface area contributed by atoms with Crippen LogP contribution in [0.2, 0.25) is 0 Å². The van der Waals surface area contributed by atoms with E-state index in [2.05, 4.69) is 4.18 Å². The average Bonchev–Trinajstić information content (AvgIpc) is 2.22. The highest BCUT2D eigenvalue weighted by Crippen LogP contribution is 2.35. The normalized spacial score (nSPS) is 19.1. The Morgan fingerprint density at radius 1 is 1.26 bits per heavy atom. The van der Waals surface area contributed by atoms with Crippen LogP contribution in [0, 0.1) is 5.41 Å². The van der Waals surface area contributed by atoms with Gasteiger partial charge in [-0.3, -0.25) is 0 Å². The second-order valence-electron chi connectivity index (χ2n) is 6.84. The Hall–Kier alpha value is -1.45.